The van der Waals surface area contributed by atoms with Crippen LogP contribution in [-0.4, -0.2) is 34.9 Å². The molecule has 1 aromatic heterocycles. The molecule has 2 aliphatic heterocycles. The molecule has 1 aromatic carbocycles. The summed E-state index contributed by atoms with van der Waals surface area (Å²) in [5, 5.41) is 4.18. The number of fused-ring (bicyclic) bond motifs is 1. The van der Waals surface area contributed by atoms with Gasteiger partial charge in [0.05, 0.1) is 0 Å². The van der Waals surface area contributed by atoms with Crippen LogP contribution >= 0.6 is 11.3 Å². The molecule has 114 valence electrons. The number of nitrogens with zero attached hydrogens (tertiary/aromatic N) is 2. The maximum atomic E-state index is 11.4. The van der Waals surface area contributed by atoms with E-state index in [4.69, 9.17) is 0 Å². The molecule has 0 spiro atoms. The van der Waals surface area contributed by atoms with E-state index in [0.717, 1.165) is 24.6 Å². The zero-order valence-electron chi connectivity index (χ0n) is 12.6. The van der Waals surface area contributed by atoms with Crippen LogP contribution in [0.15, 0.2) is 30.5 Å². The number of carbonyl (C=O) groups excluding carboxylic acids is 1. The van der Waals surface area contributed by atoms with Crippen LogP contribution in [0.4, 0.5) is 0 Å². The smallest absolute Gasteiger partial charge is 0.220 e. The predicted molar refractivity (Wildman–Crippen MR) is 87.6 cm³/mol. The summed E-state index contributed by atoms with van der Waals surface area (Å²) in [4.78, 5) is 19.7. The lowest BCUT2D eigenvalue weighted by atomic mass is 10.1. The topological polar surface area (TPSA) is 45.2 Å². The Morgan fingerprint density at radius 1 is 1.36 bits per heavy atom. The third-order valence-corrected chi connectivity index (χ3v) is 5.63. The van der Waals surface area contributed by atoms with Crippen LogP contribution < -0.4 is 5.32 Å². The Morgan fingerprint density at radius 2 is 2.23 bits per heavy atom. The predicted octanol–water partition coefficient (Wildman–Crippen LogP) is 2.44. The highest BCUT2D eigenvalue weighted by Gasteiger charge is 2.39. The molecule has 2 aromatic rings. The van der Waals surface area contributed by atoms with Crippen molar-refractivity contribution in [1.29, 1.82) is 0 Å². The lowest BCUT2D eigenvalue weighted by Crippen LogP contribution is -2.32. The van der Waals surface area contributed by atoms with E-state index in [-0.39, 0.29) is 5.91 Å². The minimum absolute atomic E-state index is 0.217. The fourth-order valence-electron chi connectivity index (χ4n) is 3.50. The molecule has 2 atom stereocenters. The Labute approximate surface area is 134 Å². The molecule has 0 bridgehead atoms. The van der Waals surface area contributed by atoms with E-state index >= 15 is 0 Å². The monoisotopic (exact) mass is 313 g/mol. The number of carbonyl (C=O) groups is 1. The maximum absolute atomic E-state index is 11.4. The van der Waals surface area contributed by atoms with Gasteiger partial charge in [0.15, 0.2) is 0 Å². The average molecular weight is 313 g/mol. The minimum atomic E-state index is 0.217. The lowest BCUT2D eigenvalue weighted by molar-refractivity contribution is -0.119. The van der Waals surface area contributed by atoms with Crippen LogP contribution in [0.25, 0.3) is 10.6 Å². The molecule has 3 heterocycles. The van der Waals surface area contributed by atoms with Gasteiger partial charge in [-0.25, -0.2) is 4.98 Å². The van der Waals surface area contributed by atoms with Crippen LogP contribution in [0.2, 0.25) is 0 Å². The lowest BCUT2D eigenvalue weighted by Gasteiger charge is -2.14. The third kappa shape index (κ3) is 2.55. The highest BCUT2D eigenvalue weighted by atomic mass is 32.1. The van der Waals surface area contributed by atoms with Crippen molar-refractivity contribution >= 4 is 17.2 Å². The molecule has 1 amide bonds. The van der Waals surface area contributed by atoms with Crippen molar-refractivity contribution in [3.8, 4) is 10.6 Å². The van der Waals surface area contributed by atoms with E-state index in [9.17, 15) is 4.79 Å². The number of rotatable bonds is 3. The van der Waals surface area contributed by atoms with Gasteiger partial charge in [0, 0.05) is 54.7 Å². The van der Waals surface area contributed by atoms with Crippen molar-refractivity contribution in [1.82, 2.24) is 15.2 Å². The fraction of sp³-hybridized carbons (Fsp3) is 0.412. The number of hydrogen-bond acceptors (Lipinski definition) is 4. The number of benzene rings is 1. The molecule has 2 aliphatic rings. The van der Waals surface area contributed by atoms with Crippen LogP contribution in [-0.2, 0) is 11.3 Å². The molecule has 0 radical (unpaired) electrons. The van der Waals surface area contributed by atoms with Gasteiger partial charge >= 0.3 is 0 Å². The zero-order valence-corrected chi connectivity index (χ0v) is 13.4. The second kappa shape index (κ2) is 5.48. The number of likely N-dealkylation sites (tertiary alicyclic amines) is 1. The molecule has 5 heteroatoms. The number of aryl methyl sites for hydroxylation is 1. The minimum Gasteiger partial charge on any atom is -0.352 e. The Kier molecular flexibility index (Phi) is 3.47. The Bertz CT molecular complexity index is 695. The highest BCUT2D eigenvalue weighted by Crippen LogP contribution is 2.31. The van der Waals surface area contributed by atoms with Crippen molar-refractivity contribution in [2.45, 2.75) is 25.9 Å². The first-order valence-electron chi connectivity index (χ1n) is 7.71. The molecule has 0 aliphatic carbocycles. The summed E-state index contributed by atoms with van der Waals surface area (Å²) < 4.78 is 0. The number of thiazole rings is 1. The first-order chi connectivity index (χ1) is 10.7. The highest BCUT2D eigenvalue weighted by molar-refractivity contribution is 7.15. The van der Waals surface area contributed by atoms with Crippen molar-refractivity contribution in [3.05, 3.63) is 40.9 Å². The fourth-order valence-corrected chi connectivity index (χ4v) is 4.55. The second-order valence-electron chi connectivity index (χ2n) is 6.28. The Hall–Kier alpha value is -1.72. The van der Waals surface area contributed by atoms with E-state index in [0.29, 0.717) is 18.4 Å². The molecule has 22 heavy (non-hydrogen) atoms. The van der Waals surface area contributed by atoms with Gasteiger partial charge in [-0.05, 0) is 12.5 Å². The van der Waals surface area contributed by atoms with E-state index in [1.807, 2.05) is 6.20 Å². The second-order valence-corrected chi connectivity index (χ2v) is 7.39. The van der Waals surface area contributed by atoms with Gasteiger partial charge in [0.1, 0.15) is 5.01 Å². The third-order valence-electron chi connectivity index (χ3n) is 4.62. The van der Waals surface area contributed by atoms with Crippen LogP contribution in [0.1, 0.15) is 16.9 Å². The SMILES string of the molecule is Cc1ccccc1-c1ncc(CN2C[C@@H]3CC(=O)N[C@@H]3C2)s1. The number of hydrogen-bond donors (Lipinski definition) is 1. The van der Waals surface area contributed by atoms with Gasteiger partial charge in [-0.2, -0.15) is 0 Å². The number of nitrogens with one attached hydrogen (secondary N) is 1. The molecule has 1 N–H and O–H groups in total. The van der Waals surface area contributed by atoms with E-state index < -0.39 is 0 Å². The molecule has 0 unspecified atom stereocenters. The quantitative estimate of drug-likeness (QED) is 0.946. The summed E-state index contributed by atoms with van der Waals surface area (Å²) in [5.41, 5.74) is 2.49. The maximum Gasteiger partial charge on any atom is 0.220 e. The normalized spacial score (nSPS) is 24.5. The first kappa shape index (κ1) is 13.9. The standard InChI is InChI=1S/C17H19N3OS/c1-11-4-2-3-5-14(11)17-18-7-13(22-17)9-20-8-12-6-16(21)19-15(12)10-20/h2-5,7,12,15H,6,8-10H2,1H3,(H,19,21)/t12-,15+/m0/s1. The number of amides is 1. The van der Waals surface area contributed by atoms with Crippen LogP contribution in [0.3, 0.4) is 0 Å². The average Bonchev–Trinajstić information content (AvgIpc) is 3.15. The largest absolute Gasteiger partial charge is 0.352 e. The Balaban J connectivity index is 1.45. The zero-order chi connectivity index (χ0) is 15.1. The summed E-state index contributed by atoms with van der Waals surface area (Å²) in [7, 11) is 0. The molecular weight excluding hydrogens is 294 g/mol. The van der Waals surface area contributed by atoms with E-state index in [1.165, 1.54) is 16.0 Å². The first-order valence-corrected chi connectivity index (χ1v) is 8.53. The summed E-state index contributed by atoms with van der Waals surface area (Å²) in [6, 6.07) is 8.74. The van der Waals surface area contributed by atoms with Crippen molar-refractivity contribution in [2.75, 3.05) is 13.1 Å². The van der Waals surface area contributed by atoms with Gasteiger partial charge in [0.25, 0.3) is 0 Å². The van der Waals surface area contributed by atoms with E-state index in [2.05, 4.69) is 46.4 Å². The molecule has 0 saturated carbocycles. The Morgan fingerprint density at radius 3 is 3.05 bits per heavy atom. The van der Waals surface area contributed by atoms with E-state index in [1.54, 1.807) is 11.3 Å². The molecule has 4 nitrogen and oxygen atoms in total. The summed E-state index contributed by atoms with van der Waals surface area (Å²) in [6.07, 6.45) is 2.69. The van der Waals surface area contributed by atoms with Gasteiger partial charge in [-0.3, -0.25) is 9.69 Å². The molecule has 2 fully saturated rings. The summed E-state index contributed by atoms with van der Waals surface area (Å²) in [5.74, 6) is 0.713. The molecule has 2 saturated heterocycles. The number of aromatic nitrogens is 1. The molecular formula is C17H19N3OS. The van der Waals surface area contributed by atoms with Gasteiger partial charge in [-0.15, -0.1) is 11.3 Å². The molecule has 4 rings (SSSR count). The van der Waals surface area contributed by atoms with Gasteiger partial charge in [-0.1, -0.05) is 24.3 Å². The van der Waals surface area contributed by atoms with Gasteiger partial charge in [0.2, 0.25) is 5.91 Å². The van der Waals surface area contributed by atoms with Crippen LogP contribution in [0.5, 0.6) is 0 Å². The summed E-state index contributed by atoms with van der Waals surface area (Å²) in [6.45, 7) is 5.04. The van der Waals surface area contributed by atoms with Crippen molar-refractivity contribution < 1.29 is 4.79 Å². The van der Waals surface area contributed by atoms with Crippen LogP contribution in [0, 0.1) is 12.8 Å². The van der Waals surface area contributed by atoms with Gasteiger partial charge < -0.3 is 5.32 Å². The van der Waals surface area contributed by atoms with Crippen molar-refractivity contribution in [2.24, 2.45) is 5.92 Å². The summed E-state index contributed by atoms with van der Waals surface area (Å²) >= 11 is 1.78. The van der Waals surface area contributed by atoms with Crippen molar-refractivity contribution in [3.63, 3.8) is 0 Å².